The van der Waals surface area contributed by atoms with Gasteiger partial charge in [-0.15, -0.1) is 0 Å². The lowest BCUT2D eigenvalue weighted by molar-refractivity contribution is 0.227. The summed E-state index contributed by atoms with van der Waals surface area (Å²) in [4.78, 5) is 2.37. The molecule has 1 aromatic carbocycles. The summed E-state index contributed by atoms with van der Waals surface area (Å²) in [5.74, 6) is 0.929. The van der Waals surface area contributed by atoms with Crippen molar-refractivity contribution in [2.45, 2.75) is 39.8 Å². The summed E-state index contributed by atoms with van der Waals surface area (Å²) >= 11 is 0. The largest absolute Gasteiger partial charge is 0.497 e. The van der Waals surface area contributed by atoms with Gasteiger partial charge in [0.1, 0.15) is 5.75 Å². The van der Waals surface area contributed by atoms with Crippen LogP contribution < -0.4 is 10.1 Å². The van der Waals surface area contributed by atoms with E-state index in [1.54, 1.807) is 7.11 Å². The summed E-state index contributed by atoms with van der Waals surface area (Å²) in [5.41, 5.74) is 1.59. The summed E-state index contributed by atoms with van der Waals surface area (Å²) in [6.07, 6.45) is 1.15. The molecule has 0 aliphatic heterocycles. The van der Waals surface area contributed by atoms with Gasteiger partial charge >= 0.3 is 0 Å². The van der Waals surface area contributed by atoms with Crippen molar-refractivity contribution in [1.29, 1.82) is 0 Å². The highest BCUT2D eigenvalue weighted by molar-refractivity contribution is 5.28. The summed E-state index contributed by atoms with van der Waals surface area (Å²) in [7, 11) is 5.94. The Morgan fingerprint density at radius 2 is 2.00 bits per heavy atom. The Bertz CT molecular complexity index is 398. The molecule has 0 bridgehead atoms. The van der Waals surface area contributed by atoms with Crippen LogP contribution in [0.5, 0.6) is 5.75 Å². The number of hydrogen-bond acceptors (Lipinski definition) is 3. The average Bonchev–Trinajstić information content (AvgIpc) is 2.38. The van der Waals surface area contributed by atoms with Gasteiger partial charge < -0.3 is 15.0 Å². The van der Waals surface area contributed by atoms with Crippen LogP contribution in [0, 0.1) is 5.41 Å². The number of nitrogens with one attached hydrogen (secondary N) is 1. The maximum Gasteiger partial charge on any atom is 0.119 e. The number of rotatable bonds is 7. The van der Waals surface area contributed by atoms with Crippen molar-refractivity contribution in [3.8, 4) is 5.75 Å². The standard InChI is InChI=1S/C17H30N2O/c1-17(2,3)16(18-4)10-11-19(5)13-14-8-7-9-15(12-14)20-6/h7-9,12,16,18H,10-11,13H2,1-6H3. The van der Waals surface area contributed by atoms with E-state index in [0.29, 0.717) is 11.5 Å². The minimum absolute atomic E-state index is 0.297. The van der Waals surface area contributed by atoms with E-state index >= 15 is 0 Å². The van der Waals surface area contributed by atoms with Gasteiger partial charge in [0.2, 0.25) is 0 Å². The zero-order valence-corrected chi connectivity index (χ0v) is 13.9. The van der Waals surface area contributed by atoms with E-state index < -0.39 is 0 Å². The van der Waals surface area contributed by atoms with E-state index in [1.165, 1.54) is 5.56 Å². The molecule has 1 rings (SSSR count). The van der Waals surface area contributed by atoms with Crippen LogP contribution in [-0.2, 0) is 6.54 Å². The van der Waals surface area contributed by atoms with Crippen molar-refractivity contribution in [3.63, 3.8) is 0 Å². The smallest absolute Gasteiger partial charge is 0.119 e. The minimum Gasteiger partial charge on any atom is -0.497 e. The molecular formula is C17H30N2O. The van der Waals surface area contributed by atoms with Gasteiger partial charge in [-0.05, 0) is 50.2 Å². The third kappa shape index (κ3) is 5.51. The third-order valence-corrected chi connectivity index (χ3v) is 3.78. The van der Waals surface area contributed by atoms with Crippen molar-refractivity contribution in [3.05, 3.63) is 29.8 Å². The monoisotopic (exact) mass is 278 g/mol. The topological polar surface area (TPSA) is 24.5 Å². The number of benzene rings is 1. The average molecular weight is 278 g/mol. The lowest BCUT2D eigenvalue weighted by Crippen LogP contribution is -2.40. The maximum atomic E-state index is 5.27. The molecule has 0 amide bonds. The highest BCUT2D eigenvalue weighted by Gasteiger charge is 2.22. The zero-order chi connectivity index (χ0) is 15.2. The fourth-order valence-electron chi connectivity index (χ4n) is 2.52. The van der Waals surface area contributed by atoms with Gasteiger partial charge in [0.05, 0.1) is 7.11 Å². The van der Waals surface area contributed by atoms with Crippen LogP contribution in [0.2, 0.25) is 0 Å². The molecular weight excluding hydrogens is 248 g/mol. The van der Waals surface area contributed by atoms with Gasteiger partial charge in [-0.1, -0.05) is 32.9 Å². The first-order valence-corrected chi connectivity index (χ1v) is 7.35. The van der Waals surface area contributed by atoms with Crippen LogP contribution in [-0.4, -0.2) is 38.7 Å². The van der Waals surface area contributed by atoms with Gasteiger partial charge in [0.15, 0.2) is 0 Å². The Balaban J connectivity index is 2.48. The van der Waals surface area contributed by atoms with E-state index in [0.717, 1.165) is 25.3 Å². The van der Waals surface area contributed by atoms with Crippen molar-refractivity contribution in [2.75, 3.05) is 27.7 Å². The van der Waals surface area contributed by atoms with Gasteiger partial charge in [-0.3, -0.25) is 0 Å². The second-order valence-corrected chi connectivity index (χ2v) is 6.59. The molecule has 3 nitrogen and oxygen atoms in total. The highest BCUT2D eigenvalue weighted by atomic mass is 16.5. The molecule has 0 aliphatic carbocycles. The van der Waals surface area contributed by atoms with Gasteiger partial charge in [-0.25, -0.2) is 0 Å². The van der Waals surface area contributed by atoms with Crippen LogP contribution in [0.25, 0.3) is 0 Å². The SMILES string of the molecule is CNC(CCN(C)Cc1cccc(OC)c1)C(C)(C)C. The molecule has 0 saturated heterocycles. The summed E-state index contributed by atoms with van der Waals surface area (Å²) in [5, 5.41) is 3.43. The lowest BCUT2D eigenvalue weighted by atomic mass is 9.85. The number of ether oxygens (including phenoxy) is 1. The zero-order valence-electron chi connectivity index (χ0n) is 13.9. The Morgan fingerprint density at radius 1 is 1.30 bits per heavy atom. The first kappa shape index (κ1) is 17.0. The molecule has 0 aromatic heterocycles. The quantitative estimate of drug-likeness (QED) is 0.829. The molecule has 0 saturated carbocycles. The second-order valence-electron chi connectivity index (χ2n) is 6.59. The van der Waals surface area contributed by atoms with E-state index in [9.17, 15) is 0 Å². The Kier molecular flexibility index (Phi) is 6.50. The maximum absolute atomic E-state index is 5.27. The van der Waals surface area contributed by atoms with E-state index in [-0.39, 0.29) is 0 Å². The summed E-state index contributed by atoms with van der Waals surface area (Å²) in [6.45, 7) is 8.90. The molecule has 0 heterocycles. The molecule has 114 valence electrons. The lowest BCUT2D eigenvalue weighted by Gasteiger charge is -2.32. The molecule has 1 unspecified atom stereocenters. The van der Waals surface area contributed by atoms with Crippen LogP contribution in [0.1, 0.15) is 32.8 Å². The van der Waals surface area contributed by atoms with Crippen molar-refractivity contribution >= 4 is 0 Å². The molecule has 0 fully saturated rings. The van der Waals surface area contributed by atoms with E-state index in [2.05, 4.69) is 57.2 Å². The van der Waals surface area contributed by atoms with Crippen molar-refractivity contribution in [2.24, 2.45) is 5.41 Å². The molecule has 1 N–H and O–H groups in total. The summed E-state index contributed by atoms with van der Waals surface area (Å²) in [6, 6.07) is 8.83. The second kappa shape index (κ2) is 7.65. The number of hydrogen-bond donors (Lipinski definition) is 1. The normalized spacial score (nSPS) is 13.6. The van der Waals surface area contributed by atoms with E-state index in [4.69, 9.17) is 4.74 Å². The molecule has 20 heavy (non-hydrogen) atoms. The van der Waals surface area contributed by atoms with Crippen LogP contribution in [0.4, 0.5) is 0 Å². The molecule has 0 radical (unpaired) electrons. The van der Waals surface area contributed by atoms with Gasteiger partial charge in [-0.2, -0.15) is 0 Å². The highest BCUT2D eigenvalue weighted by Crippen LogP contribution is 2.22. The third-order valence-electron chi connectivity index (χ3n) is 3.78. The minimum atomic E-state index is 0.297. The van der Waals surface area contributed by atoms with Crippen LogP contribution in [0.3, 0.4) is 0 Å². The van der Waals surface area contributed by atoms with Crippen LogP contribution in [0.15, 0.2) is 24.3 Å². The molecule has 1 aromatic rings. The van der Waals surface area contributed by atoms with Crippen LogP contribution >= 0.6 is 0 Å². The molecule has 0 aliphatic rings. The fourth-order valence-corrected chi connectivity index (χ4v) is 2.52. The fraction of sp³-hybridized carbons (Fsp3) is 0.647. The Morgan fingerprint density at radius 3 is 2.55 bits per heavy atom. The van der Waals surface area contributed by atoms with Gasteiger partial charge in [0, 0.05) is 12.6 Å². The number of methoxy groups -OCH3 is 1. The Hall–Kier alpha value is -1.06. The van der Waals surface area contributed by atoms with E-state index in [1.807, 2.05) is 12.1 Å². The molecule has 1 atom stereocenters. The van der Waals surface area contributed by atoms with Gasteiger partial charge in [0.25, 0.3) is 0 Å². The predicted octanol–water partition coefficient (Wildman–Crippen LogP) is 3.15. The predicted molar refractivity (Wildman–Crippen MR) is 86.2 cm³/mol. The molecule has 3 heteroatoms. The first-order chi connectivity index (χ1) is 9.36. The first-order valence-electron chi connectivity index (χ1n) is 7.35. The number of nitrogens with zero attached hydrogens (tertiary/aromatic N) is 1. The van der Waals surface area contributed by atoms with Crippen molar-refractivity contribution in [1.82, 2.24) is 10.2 Å². The summed E-state index contributed by atoms with van der Waals surface area (Å²) < 4.78 is 5.27. The Labute approximate surface area is 124 Å². The molecule has 0 spiro atoms. The van der Waals surface area contributed by atoms with Crippen molar-refractivity contribution < 1.29 is 4.74 Å².